The predicted molar refractivity (Wildman–Crippen MR) is 100 cm³/mol. The van der Waals surface area contributed by atoms with Crippen molar-refractivity contribution in [3.63, 3.8) is 0 Å². The zero-order valence-corrected chi connectivity index (χ0v) is 17.8. The predicted octanol–water partition coefficient (Wildman–Crippen LogP) is 2.59. The molecule has 0 aromatic carbocycles. The molecule has 0 N–H and O–H groups in total. The van der Waals surface area contributed by atoms with Crippen LogP contribution in [0.1, 0.15) is 58.1 Å². The minimum absolute atomic E-state index is 0.0896. The van der Waals surface area contributed by atoms with Crippen LogP contribution < -0.4 is 0 Å². The lowest BCUT2D eigenvalue weighted by Crippen LogP contribution is -2.50. The Morgan fingerprint density at radius 3 is 2.41 bits per heavy atom. The first-order chi connectivity index (χ1) is 13.2. The number of rotatable bonds is 2. The molecule has 2 saturated heterocycles. The first-order valence-electron chi connectivity index (χ1n) is 10.2. The third-order valence-corrected chi connectivity index (χ3v) is 9.47. The van der Waals surface area contributed by atoms with Gasteiger partial charge in [-0.25, -0.2) is 18.1 Å². The van der Waals surface area contributed by atoms with Crippen molar-refractivity contribution in [3.8, 4) is 0 Å². The number of hydrogen-bond donors (Lipinski definition) is 0. The normalized spacial score (nSPS) is 35.7. The molecule has 1 aromatic heterocycles. The average Bonchev–Trinajstić information content (AvgIpc) is 2.99. The van der Waals surface area contributed by atoms with Gasteiger partial charge in [-0.1, -0.05) is 0 Å². The zero-order valence-electron chi connectivity index (χ0n) is 17.0. The van der Waals surface area contributed by atoms with E-state index in [4.69, 9.17) is 0 Å². The molecule has 29 heavy (non-hydrogen) atoms. The molecule has 2 saturated carbocycles. The van der Waals surface area contributed by atoms with Gasteiger partial charge >= 0.3 is 6.18 Å². The van der Waals surface area contributed by atoms with Crippen molar-refractivity contribution in [1.29, 1.82) is 0 Å². The number of nitrogens with zero attached hydrogens (tertiary/aromatic N) is 4. The van der Waals surface area contributed by atoms with E-state index >= 15 is 0 Å². The van der Waals surface area contributed by atoms with Gasteiger partial charge in [0.15, 0.2) is 9.84 Å². The Morgan fingerprint density at radius 1 is 1.14 bits per heavy atom. The van der Waals surface area contributed by atoms with Gasteiger partial charge in [-0.15, -0.1) is 5.10 Å². The Morgan fingerprint density at radius 2 is 1.83 bits per heavy atom. The molecule has 2 aliphatic carbocycles. The van der Waals surface area contributed by atoms with Crippen molar-refractivity contribution in [2.24, 2.45) is 11.3 Å². The summed E-state index contributed by atoms with van der Waals surface area (Å²) in [6, 6.07) is 0.288. The summed E-state index contributed by atoms with van der Waals surface area (Å²) in [6.45, 7) is 7.23. The number of sulfone groups is 1. The van der Waals surface area contributed by atoms with E-state index in [9.17, 15) is 21.6 Å². The van der Waals surface area contributed by atoms with E-state index in [1.165, 1.54) is 4.68 Å². The molecule has 2 aliphatic heterocycles. The zero-order chi connectivity index (χ0) is 21.0. The van der Waals surface area contributed by atoms with Gasteiger partial charge in [0.25, 0.3) is 5.82 Å². The summed E-state index contributed by atoms with van der Waals surface area (Å²) >= 11 is 0. The smallest absolute Gasteiger partial charge is 0.300 e. The molecule has 0 radical (unpaired) electrons. The van der Waals surface area contributed by atoms with Gasteiger partial charge in [0.1, 0.15) is 5.82 Å². The number of hydrogen-bond acceptors (Lipinski definition) is 5. The molecule has 1 spiro atoms. The summed E-state index contributed by atoms with van der Waals surface area (Å²) in [5.74, 6) is 0.326. The Balaban J connectivity index is 1.38. The fourth-order valence-corrected chi connectivity index (χ4v) is 8.30. The molecule has 6 nitrogen and oxygen atoms in total. The number of aromatic nitrogens is 3. The second-order valence-corrected chi connectivity index (χ2v) is 12.8. The molecule has 1 aromatic rings. The summed E-state index contributed by atoms with van der Waals surface area (Å²) in [5.41, 5.74) is -0.993. The van der Waals surface area contributed by atoms with E-state index < -0.39 is 27.4 Å². The van der Waals surface area contributed by atoms with Crippen LogP contribution in [0.5, 0.6) is 0 Å². The maximum atomic E-state index is 13.3. The Labute approximate surface area is 168 Å². The fourth-order valence-electron chi connectivity index (χ4n) is 6.05. The van der Waals surface area contributed by atoms with E-state index in [-0.39, 0.29) is 28.4 Å². The highest BCUT2D eigenvalue weighted by Crippen LogP contribution is 2.65. The second-order valence-electron chi connectivity index (χ2n) is 10.7. The fraction of sp³-hybridized carbons (Fsp3) is 0.895. The van der Waals surface area contributed by atoms with Crippen molar-refractivity contribution in [2.45, 2.75) is 69.6 Å². The molecule has 4 aliphatic rings. The summed E-state index contributed by atoms with van der Waals surface area (Å²) < 4.78 is 64.7. The molecule has 0 amide bonds. The van der Waals surface area contributed by atoms with Crippen molar-refractivity contribution >= 4 is 9.84 Å². The molecular weight excluding hydrogens is 405 g/mol. The van der Waals surface area contributed by atoms with Gasteiger partial charge in [-0.3, -0.25) is 4.90 Å². The SMILES string of the molecule is CC(C)(C)n1nc(C(F)(F)F)nc1[C@@]12C[C@H](N3CCC4(C3)CS(=O)(=O)C4)C[C@H]1C2. The first-order valence-corrected chi connectivity index (χ1v) is 12.1. The van der Waals surface area contributed by atoms with Gasteiger partial charge in [-0.2, -0.15) is 13.2 Å². The molecule has 5 rings (SSSR count). The Kier molecular flexibility index (Phi) is 3.78. The lowest BCUT2D eigenvalue weighted by atomic mass is 9.91. The summed E-state index contributed by atoms with van der Waals surface area (Å²) in [6.07, 6.45) is -1.06. The van der Waals surface area contributed by atoms with Gasteiger partial charge in [0.05, 0.1) is 17.0 Å². The van der Waals surface area contributed by atoms with Crippen LogP contribution in [0.2, 0.25) is 0 Å². The summed E-state index contributed by atoms with van der Waals surface area (Å²) in [4.78, 5) is 6.39. The minimum Gasteiger partial charge on any atom is -0.300 e. The van der Waals surface area contributed by atoms with Crippen LogP contribution in [0.25, 0.3) is 0 Å². The molecule has 4 fully saturated rings. The van der Waals surface area contributed by atoms with Crippen molar-refractivity contribution in [2.75, 3.05) is 24.6 Å². The number of fused-ring (bicyclic) bond motifs is 1. The third-order valence-electron chi connectivity index (χ3n) is 7.37. The van der Waals surface area contributed by atoms with Crippen LogP contribution >= 0.6 is 0 Å². The van der Waals surface area contributed by atoms with Crippen molar-refractivity contribution < 1.29 is 21.6 Å². The summed E-state index contributed by atoms with van der Waals surface area (Å²) in [7, 11) is -2.87. The van der Waals surface area contributed by atoms with Crippen LogP contribution in [-0.4, -0.2) is 58.7 Å². The van der Waals surface area contributed by atoms with Crippen LogP contribution in [0.4, 0.5) is 13.2 Å². The number of likely N-dealkylation sites (tertiary alicyclic amines) is 1. The lowest BCUT2D eigenvalue weighted by molar-refractivity contribution is -0.145. The monoisotopic (exact) mass is 432 g/mol. The lowest BCUT2D eigenvalue weighted by Gasteiger charge is -2.38. The van der Waals surface area contributed by atoms with Crippen LogP contribution in [0, 0.1) is 11.3 Å². The van der Waals surface area contributed by atoms with Crippen LogP contribution in [0.3, 0.4) is 0 Å². The highest BCUT2D eigenvalue weighted by molar-refractivity contribution is 7.92. The maximum absolute atomic E-state index is 13.3. The minimum atomic E-state index is -4.55. The van der Waals surface area contributed by atoms with E-state index in [1.807, 2.05) is 20.8 Å². The largest absolute Gasteiger partial charge is 0.453 e. The highest BCUT2D eigenvalue weighted by atomic mass is 32.2. The van der Waals surface area contributed by atoms with Gasteiger partial charge < -0.3 is 0 Å². The standard InChI is InChI=1S/C19H27F3N4O2S/c1-16(2,3)26-15(23-14(24-26)19(20,21)22)18-7-12(18)6-13(8-18)25-5-4-17(9-25)10-29(27,28)11-17/h12-13H,4-11H2,1-3H3/t12-,13+,18-/m0/s1. The van der Waals surface area contributed by atoms with E-state index in [2.05, 4.69) is 15.0 Å². The average molecular weight is 433 g/mol. The first kappa shape index (κ1) is 19.8. The van der Waals surface area contributed by atoms with Gasteiger partial charge in [0, 0.05) is 23.4 Å². The number of halogens is 3. The van der Waals surface area contributed by atoms with Crippen molar-refractivity contribution in [3.05, 3.63) is 11.6 Å². The molecule has 10 heteroatoms. The van der Waals surface area contributed by atoms with Crippen LogP contribution in [0.15, 0.2) is 0 Å². The second kappa shape index (κ2) is 5.55. The van der Waals surface area contributed by atoms with E-state index in [1.54, 1.807) is 0 Å². The molecule has 3 atom stereocenters. The molecule has 3 heterocycles. The van der Waals surface area contributed by atoms with E-state index in [0.29, 0.717) is 11.7 Å². The van der Waals surface area contributed by atoms with Gasteiger partial charge in [-0.05, 0) is 58.9 Å². The maximum Gasteiger partial charge on any atom is 0.453 e. The Bertz CT molecular complexity index is 953. The topological polar surface area (TPSA) is 68.1 Å². The van der Waals surface area contributed by atoms with Gasteiger partial charge in [0.2, 0.25) is 0 Å². The third kappa shape index (κ3) is 3.04. The van der Waals surface area contributed by atoms with Crippen LogP contribution in [-0.2, 0) is 27.0 Å². The Hall–Kier alpha value is -1.16. The molecular formula is C19H27F3N4O2S. The molecule has 0 bridgehead atoms. The van der Waals surface area contributed by atoms with E-state index in [0.717, 1.165) is 38.8 Å². The van der Waals surface area contributed by atoms with Crippen molar-refractivity contribution in [1.82, 2.24) is 19.7 Å². The quantitative estimate of drug-likeness (QED) is 0.719. The number of alkyl halides is 3. The molecule has 162 valence electrons. The summed E-state index contributed by atoms with van der Waals surface area (Å²) in [5, 5.41) is 3.85. The molecule has 0 unspecified atom stereocenters. The highest BCUT2D eigenvalue weighted by Gasteiger charge is 2.66.